The number of hydrogen-bond acceptors (Lipinski definition) is 1. The van der Waals surface area contributed by atoms with E-state index in [4.69, 9.17) is 11.6 Å². The molecule has 0 spiro atoms. The molecule has 1 heterocycles. The zero-order chi connectivity index (χ0) is 15.6. The van der Waals surface area contributed by atoms with E-state index in [1.165, 1.54) is 6.07 Å². The van der Waals surface area contributed by atoms with Crippen molar-refractivity contribution in [2.75, 3.05) is 0 Å². The van der Waals surface area contributed by atoms with E-state index in [1.807, 2.05) is 19.1 Å². The third kappa shape index (κ3) is 3.77. The van der Waals surface area contributed by atoms with Crippen molar-refractivity contribution < 1.29 is 13.2 Å². The van der Waals surface area contributed by atoms with Gasteiger partial charge in [0.05, 0.1) is 10.9 Å². The lowest BCUT2D eigenvalue weighted by Crippen LogP contribution is -2.09. The molecule has 0 saturated carbocycles. The van der Waals surface area contributed by atoms with Crippen LogP contribution in [0.5, 0.6) is 0 Å². The Morgan fingerprint density at radius 2 is 1.90 bits per heavy atom. The molecule has 2 rings (SSSR count). The van der Waals surface area contributed by atoms with E-state index in [2.05, 4.69) is 20.9 Å². The highest BCUT2D eigenvalue weighted by Gasteiger charge is 2.32. The standard InChI is InChI=1S/C15H12BrClF3N/c1-9(13-4-2-3-7-21-13)14(17)11-8-10(15(18,19)20)5-6-12(11)16/h2-9,14H,1H3. The fourth-order valence-electron chi connectivity index (χ4n) is 2.00. The van der Waals surface area contributed by atoms with Crippen LogP contribution in [0.15, 0.2) is 47.1 Å². The number of rotatable bonds is 3. The van der Waals surface area contributed by atoms with Gasteiger partial charge < -0.3 is 0 Å². The van der Waals surface area contributed by atoms with Crippen molar-refractivity contribution in [1.82, 2.24) is 4.98 Å². The molecule has 0 bridgehead atoms. The Bertz CT molecular complexity index is 616. The molecule has 0 aliphatic rings. The minimum atomic E-state index is -4.39. The molecule has 0 fully saturated rings. The van der Waals surface area contributed by atoms with Crippen LogP contribution in [0.1, 0.15) is 35.0 Å². The summed E-state index contributed by atoms with van der Waals surface area (Å²) in [6.45, 7) is 1.84. The second-order valence-corrected chi connectivity index (χ2v) is 6.00. The van der Waals surface area contributed by atoms with Crippen LogP contribution in [0.25, 0.3) is 0 Å². The molecule has 0 saturated heterocycles. The van der Waals surface area contributed by atoms with Gasteiger partial charge in [-0.3, -0.25) is 4.98 Å². The van der Waals surface area contributed by atoms with Crippen molar-refractivity contribution in [1.29, 1.82) is 0 Å². The van der Waals surface area contributed by atoms with Crippen LogP contribution >= 0.6 is 27.5 Å². The van der Waals surface area contributed by atoms with Gasteiger partial charge in [0.2, 0.25) is 0 Å². The summed E-state index contributed by atoms with van der Waals surface area (Å²) in [5, 5.41) is -0.614. The number of pyridine rings is 1. The Morgan fingerprint density at radius 1 is 1.19 bits per heavy atom. The lowest BCUT2D eigenvalue weighted by atomic mass is 9.95. The SMILES string of the molecule is CC(c1ccccn1)C(Cl)c1cc(C(F)(F)F)ccc1Br. The zero-order valence-corrected chi connectivity index (χ0v) is 13.4. The first-order valence-corrected chi connectivity index (χ1v) is 7.45. The van der Waals surface area contributed by atoms with Gasteiger partial charge in [-0.1, -0.05) is 28.9 Å². The number of halogens is 5. The molecule has 6 heteroatoms. The summed E-state index contributed by atoms with van der Waals surface area (Å²) in [5.74, 6) is -0.215. The van der Waals surface area contributed by atoms with Gasteiger partial charge >= 0.3 is 6.18 Å². The number of benzene rings is 1. The van der Waals surface area contributed by atoms with Crippen molar-refractivity contribution in [2.24, 2.45) is 0 Å². The highest BCUT2D eigenvalue weighted by Crippen LogP contribution is 2.41. The molecule has 0 aliphatic heterocycles. The quantitative estimate of drug-likeness (QED) is 0.602. The van der Waals surface area contributed by atoms with Crippen molar-refractivity contribution in [3.63, 3.8) is 0 Å². The fourth-order valence-corrected chi connectivity index (χ4v) is 2.93. The summed E-state index contributed by atoms with van der Waals surface area (Å²) in [4.78, 5) is 4.20. The molecule has 2 atom stereocenters. The van der Waals surface area contributed by atoms with E-state index in [0.717, 1.165) is 17.8 Å². The molecule has 0 amide bonds. The first-order chi connectivity index (χ1) is 9.80. The molecule has 0 radical (unpaired) electrons. The van der Waals surface area contributed by atoms with Crippen LogP contribution in [-0.2, 0) is 6.18 Å². The monoisotopic (exact) mass is 377 g/mol. The van der Waals surface area contributed by atoms with Crippen molar-refractivity contribution in [3.8, 4) is 0 Å². The molecule has 21 heavy (non-hydrogen) atoms. The van der Waals surface area contributed by atoms with Gasteiger partial charge in [0, 0.05) is 22.3 Å². The van der Waals surface area contributed by atoms with Crippen LogP contribution < -0.4 is 0 Å². The first kappa shape index (κ1) is 16.3. The summed E-state index contributed by atoms with van der Waals surface area (Å²) >= 11 is 9.65. The molecule has 1 aromatic heterocycles. The number of nitrogens with zero attached hydrogens (tertiary/aromatic N) is 1. The summed E-state index contributed by atoms with van der Waals surface area (Å²) in [6, 6.07) is 8.90. The number of alkyl halides is 4. The summed E-state index contributed by atoms with van der Waals surface area (Å²) in [6.07, 6.45) is -2.75. The van der Waals surface area contributed by atoms with Gasteiger partial charge in [-0.05, 0) is 35.9 Å². The second kappa shape index (κ2) is 6.36. The lowest BCUT2D eigenvalue weighted by Gasteiger charge is -2.20. The maximum absolute atomic E-state index is 12.8. The van der Waals surface area contributed by atoms with Crippen molar-refractivity contribution in [2.45, 2.75) is 24.4 Å². The minimum Gasteiger partial charge on any atom is -0.261 e. The Morgan fingerprint density at radius 3 is 2.48 bits per heavy atom. The Kier molecular flexibility index (Phi) is 4.94. The summed E-state index contributed by atoms with van der Waals surface area (Å²) in [7, 11) is 0. The van der Waals surface area contributed by atoms with Gasteiger partial charge in [-0.2, -0.15) is 13.2 Å². The van der Waals surface area contributed by atoms with Gasteiger partial charge in [0.1, 0.15) is 0 Å². The maximum atomic E-state index is 12.8. The molecular formula is C15H12BrClF3N. The molecule has 2 unspecified atom stereocenters. The molecule has 0 aliphatic carbocycles. The fraction of sp³-hybridized carbons (Fsp3) is 0.267. The molecular weight excluding hydrogens is 367 g/mol. The minimum absolute atomic E-state index is 0.215. The molecule has 1 nitrogen and oxygen atoms in total. The summed E-state index contributed by atoms with van der Waals surface area (Å²) < 4.78 is 39.0. The average molecular weight is 379 g/mol. The maximum Gasteiger partial charge on any atom is 0.416 e. The van der Waals surface area contributed by atoms with E-state index in [1.54, 1.807) is 12.3 Å². The molecule has 2 aromatic rings. The topological polar surface area (TPSA) is 12.9 Å². The van der Waals surface area contributed by atoms with Crippen LogP contribution in [-0.4, -0.2) is 4.98 Å². The molecule has 1 aromatic carbocycles. The van der Waals surface area contributed by atoms with Crippen LogP contribution in [0.4, 0.5) is 13.2 Å². The number of aromatic nitrogens is 1. The smallest absolute Gasteiger partial charge is 0.261 e. The molecule has 112 valence electrons. The largest absolute Gasteiger partial charge is 0.416 e. The Labute approximate surface area is 134 Å². The second-order valence-electron chi connectivity index (χ2n) is 4.68. The van der Waals surface area contributed by atoms with E-state index < -0.39 is 17.1 Å². The lowest BCUT2D eigenvalue weighted by molar-refractivity contribution is -0.137. The van der Waals surface area contributed by atoms with Crippen LogP contribution in [0, 0.1) is 0 Å². The van der Waals surface area contributed by atoms with E-state index in [-0.39, 0.29) is 5.92 Å². The normalized spacial score (nSPS) is 14.8. The predicted molar refractivity (Wildman–Crippen MR) is 80.4 cm³/mol. The van der Waals surface area contributed by atoms with E-state index in [9.17, 15) is 13.2 Å². The van der Waals surface area contributed by atoms with Crippen LogP contribution in [0.2, 0.25) is 0 Å². The Balaban J connectivity index is 2.37. The van der Waals surface area contributed by atoms with Crippen molar-refractivity contribution in [3.05, 3.63) is 63.9 Å². The first-order valence-electron chi connectivity index (χ1n) is 6.22. The van der Waals surface area contributed by atoms with E-state index >= 15 is 0 Å². The number of hydrogen-bond donors (Lipinski definition) is 0. The van der Waals surface area contributed by atoms with E-state index in [0.29, 0.717) is 10.0 Å². The molecule has 0 N–H and O–H groups in total. The van der Waals surface area contributed by atoms with Gasteiger partial charge in [-0.25, -0.2) is 0 Å². The zero-order valence-electron chi connectivity index (χ0n) is 11.0. The van der Waals surface area contributed by atoms with Gasteiger partial charge in [0.25, 0.3) is 0 Å². The van der Waals surface area contributed by atoms with Crippen molar-refractivity contribution >= 4 is 27.5 Å². The predicted octanol–water partition coefficient (Wildman–Crippen LogP) is 5.95. The highest BCUT2D eigenvalue weighted by atomic mass is 79.9. The third-order valence-corrected chi connectivity index (χ3v) is 4.55. The Hall–Kier alpha value is -1.07. The highest BCUT2D eigenvalue weighted by molar-refractivity contribution is 9.10. The third-order valence-electron chi connectivity index (χ3n) is 3.21. The van der Waals surface area contributed by atoms with Gasteiger partial charge in [0.15, 0.2) is 0 Å². The van der Waals surface area contributed by atoms with Crippen LogP contribution in [0.3, 0.4) is 0 Å². The summed E-state index contributed by atoms with van der Waals surface area (Å²) in [5.41, 5.74) is 0.436. The average Bonchev–Trinajstić information content (AvgIpc) is 2.46. The van der Waals surface area contributed by atoms with Gasteiger partial charge in [-0.15, -0.1) is 11.6 Å².